The highest BCUT2D eigenvalue weighted by atomic mass is 16.5. The van der Waals surface area contributed by atoms with E-state index < -0.39 is 0 Å². The van der Waals surface area contributed by atoms with Crippen LogP contribution in [0, 0.1) is 6.92 Å². The van der Waals surface area contributed by atoms with Crippen molar-refractivity contribution >= 4 is 5.82 Å². The summed E-state index contributed by atoms with van der Waals surface area (Å²) in [6.45, 7) is 4.21. The lowest BCUT2D eigenvalue weighted by Crippen LogP contribution is -2.50. The summed E-state index contributed by atoms with van der Waals surface area (Å²) in [6.07, 6.45) is 0. The fourth-order valence-electron chi connectivity index (χ4n) is 1.86. The van der Waals surface area contributed by atoms with Crippen molar-refractivity contribution in [2.24, 2.45) is 5.73 Å². The predicted molar refractivity (Wildman–Crippen MR) is 60.6 cm³/mol. The first kappa shape index (κ1) is 11.1. The van der Waals surface area contributed by atoms with Gasteiger partial charge in [0.05, 0.1) is 19.3 Å². The van der Waals surface area contributed by atoms with Crippen LogP contribution in [0.25, 0.3) is 0 Å². The first-order valence-electron chi connectivity index (χ1n) is 5.33. The van der Waals surface area contributed by atoms with Crippen LogP contribution in [-0.4, -0.2) is 42.3 Å². The van der Waals surface area contributed by atoms with Gasteiger partial charge in [-0.2, -0.15) is 0 Å². The predicted octanol–water partition coefficient (Wildman–Crippen LogP) is -0.758. The minimum Gasteiger partial charge on any atom is -0.377 e. The van der Waals surface area contributed by atoms with Crippen LogP contribution in [0.5, 0.6) is 0 Å². The molecule has 1 aromatic rings. The van der Waals surface area contributed by atoms with Gasteiger partial charge in [-0.3, -0.25) is 4.79 Å². The molecule has 88 valence electrons. The van der Waals surface area contributed by atoms with E-state index in [2.05, 4.69) is 9.97 Å². The number of anilines is 1. The molecule has 1 aliphatic heterocycles. The van der Waals surface area contributed by atoms with Gasteiger partial charge in [0.25, 0.3) is 5.56 Å². The molecular formula is C10H16N4O2. The Morgan fingerprint density at radius 3 is 3.25 bits per heavy atom. The number of hydrogen-bond donors (Lipinski definition) is 2. The molecule has 0 saturated carbocycles. The maximum Gasteiger partial charge on any atom is 0.252 e. The van der Waals surface area contributed by atoms with Crippen molar-refractivity contribution in [2.75, 3.05) is 31.2 Å². The van der Waals surface area contributed by atoms with E-state index in [4.69, 9.17) is 10.5 Å². The Bertz CT molecular complexity index is 418. The van der Waals surface area contributed by atoms with Gasteiger partial charge >= 0.3 is 0 Å². The summed E-state index contributed by atoms with van der Waals surface area (Å²) in [4.78, 5) is 20.3. The summed E-state index contributed by atoms with van der Waals surface area (Å²) < 4.78 is 5.35. The number of morpholine rings is 1. The molecule has 3 N–H and O–H groups in total. The first-order valence-corrected chi connectivity index (χ1v) is 5.33. The maximum atomic E-state index is 11.4. The van der Waals surface area contributed by atoms with Crippen molar-refractivity contribution in [3.05, 3.63) is 22.2 Å². The van der Waals surface area contributed by atoms with Crippen LogP contribution in [0.3, 0.4) is 0 Å². The first-order chi connectivity index (χ1) is 7.70. The van der Waals surface area contributed by atoms with E-state index in [1.165, 1.54) is 6.07 Å². The maximum absolute atomic E-state index is 11.4. The molecule has 1 aromatic heterocycles. The normalized spacial score (nSPS) is 21.1. The lowest BCUT2D eigenvalue weighted by molar-refractivity contribution is 0.0958. The Balaban J connectivity index is 2.30. The Morgan fingerprint density at radius 2 is 2.56 bits per heavy atom. The second-order valence-electron chi connectivity index (χ2n) is 3.85. The Labute approximate surface area is 93.4 Å². The number of ether oxygens (including phenoxy) is 1. The number of aromatic amines is 1. The van der Waals surface area contributed by atoms with E-state index in [-0.39, 0.29) is 11.6 Å². The van der Waals surface area contributed by atoms with Crippen molar-refractivity contribution in [1.82, 2.24) is 9.97 Å². The van der Waals surface area contributed by atoms with E-state index in [0.717, 1.165) is 6.54 Å². The molecule has 1 unspecified atom stereocenters. The highest BCUT2D eigenvalue weighted by Crippen LogP contribution is 2.14. The van der Waals surface area contributed by atoms with Crippen molar-refractivity contribution in [1.29, 1.82) is 0 Å². The zero-order valence-electron chi connectivity index (χ0n) is 9.27. The largest absolute Gasteiger partial charge is 0.377 e. The van der Waals surface area contributed by atoms with Crippen LogP contribution in [0.2, 0.25) is 0 Å². The highest BCUT2D eigenvalue weighted by molar-refractivity contribution is 5.39. The van der Waals surface area contributed by atoms with Gasteiger partial charge in [-0.05, 0) is 6.92 Å². The Kier molecular flexibility index (Phi) is 3.21. The van der Waals surface area contributed by atoms with Crippen LogP contribution in [0.1, 0.15) is 5.82 Å². The molecule has 0 aliphatic carbocycles. The summed E-state index contributed by atoms with van der Waals surface area (Å²) in [7, 11) is 0. The standard InChI is InChI=1S/C10H16N4O2/c1-7-12-9(4-10(15)13-7)14-2-3-16-6-8(14)5-11/h4,8H,2-3,5-6,11H2,1H3,(H,12,13,15). The minimum atomic E-state index is -0.134. The SMILES string of the molecule is Cc1nc(N2CCOCC2CN)cc(=O)[nH]1. The molecule has 0 radical (unpaired) electrons. The van der Waals surface area contributed by atoms with E-state index in [0.29, 0.717) is 31.4 Å². The van der Waals surface area contributed by atoms with Crippen molar-refractivity contribution in [3.8, 4) is 0 Å². The number of nitrogens with zero attached hydrogens (tertiary/aromatic N) is 2. The Hall–Kier alpha value is -1.40. The lowest BCUT2D eigenvalue weighted by Gasteiger charge is -2.35. The molecule has 2 heterocycles. The number of H-pyrrole nitrogens is 1. The third-order valence-electron chi connectivity index (χ3n) is 2.64. The van der Waals surface area contributed by atoms with E-state index in [1.54, 1.807) is 6.92 Å². The van der Waals surface area contributed by atoms with Gasteiger partial charge < -0.3 is 20.4 Å². The zero-order valence-corrected chi connectivity index (χ0v) is 9.27. The second kappa shape index (κ2) is 4.63. The van der Waals surface area contributed by atoms with Gasteiger partial charge in [0.1, 0.15) is 11.6 Å². The quantitative estimate of drug-likeness (QED) is 0.690. The molecule has 0 spiro atoms. The lowest BCUT2D eigenvalue weighted by atomic mass is 10.2. The molecule has 1 aliphatic rings. The number of aromatic nitrogens is 2. The molecule has 0 aromatic carbocycles. The number of hydrogen-bond acceptors (Lipinski definition) is 5. The number of rotatable bonds is 2. The number of aryl methyl sites for hydroxylation is 1. The second-order valence-corrected chi connectivity index (χ2v) is 3.85. The molecule has 6 heteroatoms. The van der Waals surface area contributed by atoms with Gasteiger partial charge in [0, 0.05) is 19.2 Å². The van der Waals surface area contributed by atoms with Crippen LogP contribution in [0.4, 0.5) is 5.82 Å². The summed E-state index contributed by atoms with van der Waals surface area (Å²) in [5.74, 6) is 1.30. The van der Waals surface area contributed by atoms with Crippen LogP contribution in [0.15, 0.2) is 10.9 Å². The minimum absolute atomic E-state index is 0.0995. The van der Waals surface area contributed by atoms with Gasteiger partial charge in [0.2, 0.25) is 0 Å². The smallest absolute Gasteiger partial charge is 0.252 e. The topological polar surface area (TPSA) is 84.2 Å². The number of nitrogens with two attached hydrogens (primary N) is 1. The molecule has 0 amide bonds. The monoisotopic (exact) mass is 224 g/mol. The summed E-state index contributed by atoms with van der Waals surface area (Å²) in [6, 6.07) is 1.60. The molecular weight excluding hydrogens is 208 g/mol. The van der Waals surface area contributed by atoms with Crippen LogP contribution in [-0.2, 0) is 4.74 Å². The van der Waals surface area contributed by atoms with Crippen molar-refractivity contribution < 1.29 is 4.74 Å². The third kappa shape index (κ3) is 2.23. The van der Waals surface area contributed by atoms with E-state index in [9.17, 15) is 4.79 Å². The van der Waals surface area contributed by atoms with Gasteiger partial charge in [0.15, 0.2) is 0 Å². The summed E-state index contributed by atoms with van der Waals surface area (Å²) >= 11 is 0. The average molecular weight is 224 g/mol. The number of nitrogens with one attached hydrogen (secondary N) is 1. The fraction of sp³-hybridized carbons (Fsp3) is 0.600. The van der Waals surface area contributed by atoms with Crippen molar-refractivity contribution in [3.63, 3.8) is 0 Å². The Morgan fingerprint density at radius 1 is 1.75 bits per heavy atom. The zero-order chi connectivity index (χ0) is 11.5. The summed E-state index contributed by atoms with van der Waals surface area (Å²) in [5.41, 5.74) is 5.54. The third-order valence-corrected chi connectivity index (χ3v) is 2.64. The molecule has 6 nitrogen and oxygen atoms in total. The molecule has 2 rings (SSSR count). The molecule has 16 heavy (non-hydrogen) atoms. The molecule has 1 saturated heterocycles. The van der Waals surface area contributed by atoms with Gasteiger partial charge in [-0.1, -0.05) is 0 Å². The van der Waals surface area contributed by atoms with Gasteiger partial charge in [-0.25, -0.2) is 4.98 Å². The molecule has 0 bridgehead atoms. The van der Waals surface area contributed by atoms with Crippen LogP contribution >= 0.6 is 0 Å². The average Bonchev–Trinajstić information content (AvgIpc) is 2.27. The fourth-order valence-corrected chi connectivity index (χ4v) is 1.86. The van der Waals surface area contributed by atoms with Gasteiger partial charge in [-0.15, -0.1) is 0 Å². The van der Waals surface area contributed by atoms with Crippen LogP contribution < -0.4 is 16.2 Å². The molecule has 1 fully saturated rings. The van der Waals surface area contributed by atoms with E-state index in [1.807, 2.05) is 4.90 Å². The van der Waals surface area contributed by atoms with Crippen molar-refractivity contribution in [2.45, 2.75) is 13.0 Å². The molecule has 1 atom stereocenters. The highest BCUT2D eigenvalue weighted by Gasteiger charge is 2.23. The van der Waals surface area contributed by atoms with E-state index >= 15 is 0 Å². The summed E-state index contributed by atoms with van der Waals surface area (Å²) in [5, 5.41) is 0.